The van der Waals surface area contributed by atoms with Crippen LogP contribution in [-0.4, -0.2) is 25.6 Å². The number of thiophene rings is 1. The van der Waals surface area contributed by atoms with E-state index in [-0.39, 0.29) is 5.56 Å². The first-order chi connectivity index (χ1) is 16.7. The van der Waals surface area contributed by atoms with E-state index < -0.39 is 0 Å². The summed E-state index contributed by atoms with van der Waals surface area (Å²) in [5.74, 6) is 1.87. The van der Waals surface area contributed by atoms with Crippen LogP contribution >= 0.6 is 11.3 Å². The van der Waals surface area contributed by atoms with Crippen molar-refractivity contribution in [3.63, 3.8) is 0 Å². The first-order valence-electron chi connectivity index (χ1n) is 12.4. The van der Waals surface area contributed by atoms with E-state index in [1.807, 2.05) is 6.07 Å². The van der Waals surface area contributed by atoms with Gasteiger partial charge in [-0.1, -0.05) is 51.0 Å². The molecule has 0 amide bonds. The van der Waals surface area contributed by atoms with E-state index in [1.54, 1.807) is 11.3 Å². The van der Waals surface area contributed by atoms with Gasteiger partial charge in [-0.05, 0) is 78.5 Å². The molecule has 176 valence electrons. The smallest absolute Gasteiger partial charge is 0.260 e. The van der Waals surface area contributed by atoms with Crippen molar-refractivity contribution in [1.29, 1.82) is 0 Å². The zero-order valence-corrected chi connectivity index (χ0v) is 20.6. The summed E-state index contributed by atoms with van der Waals surface area (Å²) in [7, 11) is 0. The zero-order valence-electron chi connectivity index (χ0n) is 19.8. The van der Waals surface area contributed by atoms with Crippen molar-refractivity contribution in [2.24, 2.45) is 5.92 Å². The topological polar surface area (TPSA) is 87.3 Å². The van der Waals surface area contributed by atoms with E-state index in [9.17, 15) is 4.79 Å². The van der Waals surface area contributed by atoms with Crippen LogP contribution in [0.1, 0.15) is 68.7 Å². The van der Waals surface area contributed by atoms with Gasteiger partial charge in [0.2, 0.25) is 5.82 Å². The molecule has 1 aromatic carbocycles. The number of aromatic amines is 2. The summed E-state index contributed by atoms with van der Waals surface area (Å²) in [5.41, 5.74) is 4.30. The summed E-state index contributed by atoms with van der Waals surface area (Å²) in [4.78, 5) is 18.6. The lowest BCUT2D eigenvalue weighted by molar-refractivity contribution is 0.308. The van der Waals surface area contributed by atoms with Gasteiger partial charge in [-0.2, -0.15) is 5.21 Å². The molecule has 3 aromatic heterocycles. The van der Waals surface area contributed by atoms with Crippen molar-refractivity contribution >= 4 is 11.3 Å². The summed E-state index contributed by atoms with van der Waals surface area (Å²) in [6.45, 7) is 4.42. The van der Waals surface area contributed by atoms with E-state index in [1.165, 1.54) is 49.0 Å². The number of benzene rings is 1. The maximum absolute atomic E-state index is 13.2. The summed E-state index contributed by atoms with van der Waals surface area (Å²) in [6.07, 6.45) is 8.86. The molecule has 0 bridgehead atoms. The molecular formula is C27H31N5OS. The minimum Gasteiger partial charge on any atom is -0.321 e. The summed E-state index contributed by atoms with van der Waals surface area (Å²) in [5, 5.41) is 14.3. The second-order valence-electron chi connectivity index (χ2n) is 9.28. The van der Waals surface area contributed by atoms with Gasteiger partial charge in [0.25, 0.3) is 5.56 Å². The molecule has 5 rings (SSSR count). The van der Waals surface area contributed by atoms with E-state index in [2.05, 4.69) is 75.9 Å². The third kappa shape index (κ3) is 4.62. The first-order valence-corrected chi connectivity index (χ1v) is 13.2. The molecule has 1 aliphatic rings. The third-order valence-electron chi connectivity index (χ3n) is 7.11. The Kier molecular flexibility index (Phi) is 6.72. The van der Waals surface area contributed by atoms with Crippen LogP contribution in [0.3, 0.4) is 0 Å². The Labute approximate surface area is 203 Å². The fourth-order valence-corrected chi connectivity index (χ4v) is 6.21. The molecule has 4 aromatic rings. The maximum Gasteiger partial charge on any atom is 0.260 e. The van der Waals surface area contributed by atoms with Gasteiger partial charge in [0.1, 0.15) is 0 Å². The Morgan fingerprint density at radius 3 is 2.47 bits per heavy atom. The fraction of sp³-hybridized carbons (Fsp3) is 0.407. The number of hydrogen-bond acceptors (Lipinski definition) is 5. The number of hydrogen-bond donors (Lipinski definition) is 2. The summed E-state index contributed by atoms with van der Waals surface area (Å²) >= 11 is 1.70. The molecule has 0 aliphatic heterocycles. The number of aryl methyl sites for hydroxylation is 1. The van der Waals surface area contributed by atoms with Crippen LogP contribution in [0.4, 0.5) is 0 Å². The Morgan fingerprint density at radius 2 is 1.82 bits per heavy atom. The molecule has 7 heteroatoms. The van der Waals surface area contributed by atoms with Gasteiger partial charge < -0.3 is 4.98 Å². The van der Waals surface area contributed by atoms with Gasteiger partial charge in [-0.3, -0.25) is 4.79 Å². The molecule has 0 unspecified atom stereocenters. The Hall–Kier alpha value is -3.06. The maximum atomic E-state index is 13.2. The van der Waals surface area contributed by atoms with Gasteiger partial charge in [0.05, 0.1) is 5.56 Å². The monoisotopic (exact) mass is 473 g/mol. The molecule has 34 heavy (non-hydrogen) atoms. The highest BCUT2D eigenvalue weighted by Crippen LogP contribution is 2.39. The van der Waals surface area contributed by atoms with Gasteiger partial charge in [-0.15, -0.1) is 21.5 Å². The second kappa shape index (κ2) is 10.1. The Balaban J connectivity index is 1.47. The van der Waals surface area contributed by atoms with Gasteiger partial charge in [-0.25, -0.2) is 0 Å². The molecule has 0 spiro atoms. The van der Waals surface area contributed by atoms with Crippen LogP contribution in [-0.2, 0) is 6.42 Å². The van der Waals surface area contributed by atoms with Crippen molar-refractivity contribution in [1.82, 2.24) is 25.6 Å². The number of pyridine rings is 1. The number of rotatable bonds is 7. The summed E-state index contributed by atoms with van der Waals surface area (Å²) in [6, 6.07) is 15.0. The normalized spacial score (nSPS) is 18.3. The number of nitrogens with one attached hydrogen (secondary N) is 2. The van der Waals surface area contributed by atoms with Crippen LogP contribution in [0.5, 0.6) is 0 Å². The van der Waals surface area contributed by atoms with Crippen LogP contribution < -0.4 is 5.56 Å². The molecule has 0 atom stereocenters. The van der Waals surface area contributed by atoms with Gasteiger partial charge in [0.15, 0.2) is 0 Å². The lowest BCUT2D eigenvalue weighted by Crippen LogP contribution is -2.13. The third-order valence-corrected chi connectivity index (χ3v) is 8.38. The molecule has 2 N–H and O–H groups in total. The zero-order chi connectivity index (χ0) is 23.5. The largest absolute Gasteiger partial charge is 0.321 e. The number of H-pyrrole nitrogens is 2. The highest BCUT2D eigenvalue weighted by atomic mass is 32.1. The number of aromatic nitrogens is 5. The predicted octanol–water partition coefficient (Wildman–Crippen LogP) is 6.59. The van der Waals surface area contributed by atoms with Crippen molar-refractivity contribution in [3.8, 4) is 33.1 Å². The lowest BCUT2D eigenvalue weighted by Gasteiger charge is -2.28. The van der Waals surface area contributed by atoms with Crippen molar-refractivity contribution in [2.75, 3.05) is 0 Å². The Bertz CT molecular complexity index is 1280. The van der Waals surface area contributed by atoms with E-state index in [4.69, 9.17) is 0 Å². The molecule has 1 saturated carbocycles. The molecule has 1 fully saturated rings. The van der Waals surface area contributed by atoms with Crippen molar-refractivity contribution in [3.05, 3.63) is 63.3 Å². The SMILES string of the molecule is CCCC1CCC(c2ccc(-c3cc(-c4ccc(CC)s4)c(-c4nn[nH]n4)c(=O)[nH]3)cc2)CC1. The van der Waals surface area contributed by atoms with Crippen LogP contribution in [0.25, 0.3) is 33.1 Å². The second-order valence-corrected chi connectivity index (χ2v) is 10.5. The van der Waals surface area contributed by atoms with Gasteiger partial charge >= 0.3 is 0 Å². The van der Waals surface area contributed by atoms with Crippen LogP contribution in [0, 0.1) is 5.92 Å². The minimum absolute atomic E-state index is 0.210. The predicted molar refractivity (Wildman–Crippen MR) is 138 cm³/mol. The highest BCUT2D eigenvalue weighted by Gasteiger charge is 2.22. The van der Waals surface area contributed by atoms with E-state index in [0.29, 0.717) is 17.3 Å². The number of nitrogens with zero attached hydrogens (tertiary/aromatic N) is 3. The Morgan fingerprint density at radius 1 is 1.03 bits per heavy atom. The van der Waals surface area contributed by atoms with Gasteiger partial charge in [0, 0.05) is 21.0 Å². The number of tetrazole rings is 1. The average Bonchev–Trinajstić information content (AvgIpc) is 3.57. The van der Waals surface area contributed by atoms with E-state index >= 15 is 0 Å². The molecule has 6 nitrogen and oxygen atoms in total. The standard InChI is InChI=1S/C27H31N5OS/c1-3-5-17-6-8-18(9-7-17)19-10-12-20(13-11-19)23-16-22(24-15-14-21(4-2)34-24)25(27(33)28-23)26-29-31-32-30-26/h10-18H,3-9H2,1-2H3,(H,28,33)(H,29,30,31,32). The molecular weight excluding hydrogens is 442 g/mol. The van der Waals surface area contributed by atoms with E-state index in [0.717, 1.165) is 34.0 Å². The molecule has 3 heterocycles. The molecule has 0 radical (unpaired) electrons. The highest BCUT2D eigenvalue weighted by molar-refractivity contribution is 7.15. The molecule has 0 saturated heterocycles. The summed E-state index contributed by atoms with van der Waals surface area (Å²) < 4.78 is 0. The van der Waals surface area contributed by atoms with Crippen molar-refractivity contribution < 1.29 is 0 Å². The van der Waals surface area contributed by atoms with Crippen molar-refractivity contribution in [2.45, 2.75) is 64.7 Å². The first kappa shape index (κ1) is 22.7. The lowest BCUT2D eigenvalue weighted by atomic mass is 9.77. The van der Waals surface area contributed by atoms with Crippen LogP contribution in [0.2, 0.25) is 0 Å². The fourth-order valence-electron chi connectivity index (χ4n) is 5.24. The van der Waals surface area contributed by atoms with Crippen LogP contribution in [0.15, 0.2) is 47.3 Å². The quantitative estimate of drug-likeness (QED) is 0.317. The molecule has 1 aliphatic carbocycles. The minimum atomic E-state index is -0.210. The average molecular weight is 474 g/mol.